The molecular weight excluding hydrogens is 455 g/mol. The van der Waals surface area contributed by atoms with E-state index in [2.05, 4.69) is 28.9 Å². The molecule has 3 fully saturated rings. The molecule has 0 radical (unpaired) electrons. The number of ether oxygens (including phenoxy) is 1. The molecule has 0 aromatic heterocycles. The lowest BCUT2D eigenvalue weighted by Crippen LogP contribution is -2.45. The zero-order valence-corrected chi connectivity index (χ0v) is 21.0. The molecule has 4 nitrogen and oxygen atoms in total. The number of anilines is 1. The molecule has 0 N–H and O–H groups in total. The third kappa shape index (κ3) is 4.76. The average Bonchev–Trinajstić information content (AvgIpc) is 3.61. The molecule has 176 valence electrons. The summed E-state index contributed by atoms with van der Waals surface area (Å²) in [5, 5.41) is 1.45. The minimum absolute atomic E-state index is 0.0542. The van der Waals surface area contributed by atoms with Gasteiger partial charge in [-0.1, -0.05) is 41.4 Å². The molecule has 1 aliphatic carbocycles. The van der Waals surface area contributed by atoms with Crippen LogP contribution in [-0.2, 0) is 16.1 Å². The van der Waals surface area contributed by atoms with Crippen molar-refractivity contribution in [3.05, 3.63) is 62.6 Å². The van der Waals surface area contributed by atoms with Crippen LogP contribution in [0.2, 0.25) is 10.0 Å². The molecule has 0 atom stereocenters. The van der Waals surface area contributed by atoms with Crippen molar-refractivity contribution in [3.8, 4) is 0 Å². The Labute approximate surface area is 206 Å². The van der Waals surface area contributed by atoms with E-state index >= 15 is 0 Å². The Balaban J connectivity index is 1.29. The van der Waals surface area contributed by atoms with Gasteiger partial charge in [-0.05, 0) is 86.0 Å². The third-order valence-electron chi connectivity index (χ3n) is 7.66. The van der Waals surface area contributed by atoms with E-state index in [1.54, 1.807) is 5.56 Å². The highest BCUT2D eigenvalue weighted by Crippen LogP contribution is 2.46. The van der Waals surface area contributed by atoms with E-state index in [1.165, 1.54) is 36.6 Å². The van der Waals surface area contributed by atoms with Gasteiger partial charge in [0.15, 0.2) is 0 Å². The lowest BCUT2D eigenvalue weighted by atomic mass is 9.85. The summed E-state index contributed by atoms with van der Waals surface area (Å²) in [7, 11) is 1.49. The molecule has 0 unspecified atom stereocenters. The number of esters is 1. The molecule has 0 bridgehead atoms. The van der Waals surface area contributed by atoms with Crippen LogP contribution in [0.15, 0.2) is 30.3 Å². The number of hydrogen-bond donors (Lipinski definition) is 0. The minimum Gasteiger partial charge on any atom is -0.469 e. The Hall–Kier alpha value is -1.75. The van der Waals surface area contributed by atoms with Crippen molar-refractivity contribution in [2.45, 2.75) is 51.0 Å². The van der Waals surface area contributed by atoms with E-state index in [4.69, 9.17) is 27.9 Å². The largest absolute Gasteiger partial charge is 0.469 e. The third-order valence-corrected chi connectivity index (χ3v) is 8.27. The highest BCUT2D eigenvalue weighted by atomic mass is 35.5. The maximum Gasteiger partial charge on any atom is 0.308 e. The van der Waals surface area contributed by atoms with Crippen LogP contribution in [-0.4, -0.2) is 44.2 Å². The van der Waals surface area contributed by atoms with Crippen LogP contribution in [0.25, 0.3) is 0 Å². The monoisotopic (exact) mass is 486 g/mol. The summed E-state index contributed by atoms with van der Waals surface area (Å²) in [4.78, 5) is 16.7. The van der Waals surface area contributed by atoms with Gasteiger partial charge in [0.2, 0.25) is 0 Å². The van der Waals surface area contributed by atoms with Gasteiger partial charge in [0.1, 0.15) is 0 Å². The molecule has 3 aliphatic rings. The number of carbonyl (C=O) groups excluding carboxylic acids is 1. The Morgan fingerprint density at radius 2 is 1.70 bits per heavy atom. The van der Waals surface area contributed by atoms with E-state index in [-0.39, 0.29) is 11.9 Å². The molecule has 0 spiro atoms. The number of rotatable bonds is 6. The van der Waals surface area contributed by atoms with Gasteiger partial charge >= 0.3 is 5.97 Å². The number of benzene rings is 2. The van der Waals surface area contributed by atoms with Gasteiger partial charge in [-0.15, -0.1) is 0 Å². The van der Waals surface area contributed by atoms with Crippen molar-refractivity contribution in [1.82, 2.24) is 4.90 Å². The van der Waals surface area contributed by atoms with Gasteiger partial charge < -0.3 is 9.64 Å². The Morgan fingerprint density at radius 1 is 1.03 bits per heavy atom. The topological polar surface area (TPSA) is 32.8 Å². The number of aryl methyl sites for hydroxylation is 1. The Kier molecular flexibility index (Phi) is 6.61. The molecule has 5 rings (SSSR count). The molecule has 1 saturated carbocycles. The molecule has 2 saturated heterocycles. The predicted molar refractivity (Wildman–Crippen MR) is 135 cm³/mol. The minimum atomic E-state index is -0.0542. The number of carbonyl (C=O) groups is 1. The molecule has 2 aromatic rings. The fraction of sp³-hybridized carbons (Fsp3) is 0.519. The number of likely N-dealkylation sites (tertiary alicyclic amines) is 1. The van der Waals surface area contributed by atoms with Gasteiger partial charge in [0.05, 0.1) is 28.8 Å². The molecule has 6 heteroatoms. The first-order valence-corrected chi connectivity index (χ1v) is 12.8. The summed E-state index contributed by atoms with van der Waals surface area (Å²) in [5.74, 6) is 1.23. The van der Waals surface area contributed by atoms with Crippen molar-refractivity contribution in [3.63, 3.8) is 0 Å². The molecular formula is C27H32Cl2N2O2. The molecule has 33 heavy (non-hydrogen) atoms. The lowest BCUT2D eigenvalue weighted by molar-refractivity contribution is -0.147. The van der Waals surface area contributed by atoms with E-state index in [0.29, 0.717) is 11.8 Å². The first-order chi connectivity index (χ1) is 15.9. The van der Waals surface area contributed by atoms with E-state index in [9.17, 15) is 4.79 Å². The van der Waals surface area contributed by atoms with E-state index < -0.39 is 0 Å². The number of methoxy groups -OCH3 is 1. The van der Waals surface area contributed by atoms with Crippen molar-refractivity contribution in [1.29, 1.82) is 0 Å². The van der Waals surface area contributed by atoms with Crippen molar-refractivity contribution >= 4 is 34.9 Å². The number of para-hydroxylation sites is 1. The van der Waals surface area contributed by atoms with Gasteiger partial charge in [0, 0.05) is 25.6 Å². The van der Waals surface area contributed by atoms with Gasteiger partial charge in [0.25, 0.3) is 0 Å². The first kappa shape index (κ1) is 23.0. The first-order valence-electron chi connectivity index (χ1n) is 12.1. The number of hydrogen-bond acceptors (Lipinski definition) is 4. The second-order valence-electron chi connectivity index (χ2n) is 9.93. The van der Waals surface area contributed by atoms with E-state index in [1.807, 2.05) is 18.2 Å². The van der Waals surface area contributed by atoms with Crippen LogP contribution >= 0.6 is 23.2 Å². The normalized spacial score (nSPS) is 20.1. The molecule has 0 amide bonds. The summed E-state index contributed by atoms with van der Waals surface area (Å²) in [6.07, 6.45) is 4.38. The van der Waals surface area contributed by atoms with Crippen LogP contribution in [0.1, 0.15) is 59.8 Å². The fourth-order valence-electron chi connectivity index (χ4n) is 5.46. The predicted octanol–water partition coefficient (Wildman–Crippen LogP) is 6.17. The Bertz CT molecular complexity index is 1020. The van der Waals surface area contributed by atoms with Crippen molar-refractivity contribution in [2.24, 2.45) is 5.92 Å². The zero-order chi connectivity index (χ0) is 23.1. The SMILES string of the molecule is COC(=O)C1CCN(Cc2c(C)cc(C3CN(c4c(Cl)cccc4Cl)C3)cc2C2CC2)CC1. The molecule has 2 aliphatic heterocycles. The number of nitrogens with zero attached hydrogens (tertiary/aromatic N) is 2. The van der Waals surface area contributed by atoms with E-state index in [0.717, 1.165) is 61.3 Å². The summed E-state index contributed by atoms with van der Waals surface area (Å²) >= 11 is 12.8. The summed E-state index contributed by atoms with van der Waals surface area (Å²) in [6, 6.07) is 10.6. The fourth-order valence-corrected chi connectivity index (χ4v) is 6.10. The van der Waals surface area contributed by atoms with Crippen molar-refractivity contribution in [2.75, 3.05) is 38.2 Å². The Morgan fingerprint density at radius 3 is 2.30 bits per heavy atom. The van der Waals surface area contributed by atoms with Crippen molar-refractivity contribution < 1.29 is 9.53 Å². The summed E-state index contributed by atoms with van der Waals surface area (Å²) in [6.45, 7) is 7.08. The second-order valence-corrected chi connectivity index (χ2v) is 10.7. The standard InChI is InChI=1S/C27H32Cl2N2O2/c1-17-12-20(21-14-31(15-21)26-24(28)4-3-5-25(26)29)13-22(18-6-7-18)23(17)16-30-10-8-19(9-11-30)27(32)33-2/h3-5,12-13,18-19,21H,6-11,14-16H2,1-2H3. The van der Waals surface area contributed by atoms with Gasteiger partial charge in [-0.25, -0.2) is 0 Å². The van der Waals surface area contributed by atoms with Crippen LogP contribution in [0, 0.1) is 12.8 Å². The second kappa shape index (κ2) is 9.48. The maximum atomic E-state index is 11.9. The quantitative estimate of drug-likeness (QED) is 0.457. The zero-order valence-electron chi connectivity index (χ0n) is 19.4. The molecule has 2 heterocycles. The van der Waals surface area contributed by atoms with Gasteiger partial charge in [-0.3, -0.25) is 9.69 Å². The highest BCUT2D eigenvalue weighted by Gasteiger charge is 2.34. The maximum absolute atomic E-state index is 11.9. The summed E-state index contributed by atoms with van der Waals surface area (Å²) < 4.78 is 4.95. The number of piperidine rings is 1. The smallest absolute Gasteiger partial charge is 0.308 e. The molecule has 2 aromatic carbocycles. The number of halogens is 2. The van der Waals surface area contributed by atoms with Crippen LogP contribution in [0.3, 0.4) is 0 Å². The van der Waals surface area contributed by atoms with Crippen LogP contribution in [0.4, 0.5) is 5.69 Å². The van der Waals surface area contributed by atoms with Crippen LogP contribution < -0.4 is 4.90 Å². The lowest BCUT2D eigenvalue weighted by Gasteiger charge is -2.42. The average molecular weight is 487 g/mol. The highest BCUT2D eigenvalue weighted by molar-refractivity contribution is 6.39. The summed E-state index contributed by atoms with van der Waals surface area (Å²) in [5.41, 5.74) is 6.86. The van der Waals surface area contributed by atoms with Crippen LogP contribution in [0.5, 0.6) is 0 Å². The van der Waals surface area contributed by atoms with Gasteiger partial charge in [-0.2, -0.15) is 0 Å².